The standard InChI is InChI=1S/C16H18N2O3Si/c1-22(2,3)17-8-6-13(7-9-17)10-14-4-5-16(18(20)21)11-15(14)12-19/h4-12H,1-3H3. The highest BCUT2D eigenvalue weighted by molar-refractivity contribution is 6.73. The second-order valence-corrected chi connectivity index (χ2v) is 10.9. The van der Waals surface area contributed by atoms with Gasteiger partial charge in [0.15, 0.2) is 14.5 Å². The van der Waals surface area contributed by atoms with Crippen molar-refractivity contribution in [2.45, 2.75) is 19.6 Å². The molecule has 1 aliphatic heterocycles. The molecule has 1 aliphatic rings. The summed E-state index contributed by atoms with van der Waals surface area (Å²) in [5.74, 6) is 0. The van der Waals surface area contributed by atoms with Crippen LogP contribution < -0.4 is 0 Å². The largest absolute Gasteiger partial charge is 0.381 e. The van der Waals surface area contributed by atoms with Crippen molar-refractivity contribution in [2.24, 2.45) is 0 Å². The van der Waals surface area contributed by atoms with Crippen molar-refractivity contribution in [3.05, 3.63) is 69.6 Å². The lowest BCUT2D eigenvalue weighted by atomic mass is 10.0. The Hall–Kier alpha value is -2.47. The predicted molar refractivity (Wildman–Crippen MR) is 89.9 cm³/mol. The number of non-ortho nitro benzene ring substituents is 1. The summed E-state index contributed by atoms with van der Waals surface area (Å²) < 4.78 is 2.22. The first kappa shape index (κ1) is 15.9. The first-order chi connectivity index (χ1) is 10.3. The first-order valence-electron chi connectivity index (χ1n) is 6.91. The number of allylic oxidation sites excluding steroid dienone is 3. The molecule has 2 rings (SSSR count). The number of nitrogens with zero attached hydrogens (tertiary/aromatic N) is 2. The van der Waals surface area contributed by atoms with E-state index in [1.807, 2.05) is 30.6 Å². The molecule has 0 saturated carbocycles. The lowest BCUT2D eigenvalue weighted by Gasteiger charge is -2.31. The van der Waals surface area contributed by atoms with Crippen LogP contribution in [-0.4, -0.2) is 24.0 Å². The molecule has 114 valence electrons. The maximum absolute atomic E-state index is 11.1. The molecular formula is C16H18N2O3Si. The van der Waals surface area contributed by atoms with Crippen molar-refractivity contribution < 1.29 is 9.72 Å². The highest BCUT2D eigenvalue weighted by Crippen LogP contribution is 2.22. The second-order valence-electron chi connectivity index (χ2n) is 6.04. The van der Waals surface area contributed by atoms with Gasteiger partial charge in [-0.25, -0.2) is 0 Å². The number of aldehydes is 1. The van der Waals surface area contributed by atoms with Crippen molar-refractivity contribution in [2.75, 3.05) is 0 Å². The Labute approximate surface area is 130 Å². The van der Waals surface area contributed by atoms with Gasteiger partial charge in [-0.15, -0.1) is 0 Å². The summed E-state index contributed by atoms with van der Waals surface area (Å²) in [7, 11) is -1.41. The number of carbonyl (C=O) groups is 1. The molecule has 0 aromatic heterocycles. The Balaban J connectivity index is 2.30. The molecular weight excluding hydrogens is 296 g/mol. The van der Waals surface area contributed by atoms with Gasteiger partial charge < -0.3 is 4.57 Å². The third kappa shape index (κ3) is 3.59. The first-order valence-corrected chi connectivity index (χ1v) is 10.4. The summed E-state index contributed by atoms with van der Waals surface area (Å²) in [6, 6.07) is 4.30. The van der Waals surface area contributed by atoms with Gasteiger partial charge in [0.05, 0.1) is 4.92 Å². The molecule has 1 heterocycles. The van der Waals surface area contributed by atoms with Gasteiger partial charge in [-0.05, 0) is 47.8 Å². The second kappa shape index (κ2) is 6.11. The zero-order chi connectivity index (χ0) is 16.3. The van der Waals surface area contributed by atoms with E-state index in [0.717, 1.165) is 5.57 Å². The number of hydrogen-bond donors (Lipinski definition) is 0. The molecule has 0 aliphatic carbocycles. The Kier molecular flexibility index (Phi) is 4.42. The topological polar surface area (TPSA) is 63.4 Å². The fourth-order valence-corrected chi connectivity index (χ4v) is 3.11. The van der Waals surface area contributed by atoms with Crippen molar-refractivity contribution in [3.8, 4) is 0 Å². The van der Waals surface area contributed by atoms with Gasteiger partial charge in [0.25, 0.3) is 5.69 Å². The average molecular weight is 314 g/mol. The monoisotopic (exact) mass is 314 g/mol. The quantitative estimate of drug-likeness (QED) is 0.365. The van der Waals surface area contributed by atoms with Gasteiger partial charge in [-0.2, -0.15) is 0 Å². The third-order valence-electron chi connectivity index (χ3n) is 3.36. The van der Waals surface area contributed by atoms with E-state index in [0.29, 0.717) is 17.4 Å². The molecule has 5 nitrogen and oxygen atoms in total. The van der Waals surface area contributed by atoms with E-state index in [2.05, 4.69) is 24.2 Å². The van der Waals surface area contributed by atoms with E-state index >= 15 is 0 Å². The van der Waals surface area contributed by atoms with Crippen LogP contribution in [0, 0.1) is 10.1 Å². The highest BCUT2D eigenvalue weighted by Gasteiger charge is 2.20. The van der Waals surface area contributed by atoms with Crippen LogP contribution in [0.1, 0.15) is 15.9 Å². The number of benzene rings is 1. The van der Waals surface area contributed by atoms with Crippen LogP contribution in [0.25, 0.3) is 6.08 Å². The van der Waals surface area contributed by atoms with E-state index < -0.39 is 13.2 Å². The molecule has 22 heavy (non-hydrogen) atoms. The summed E-state index contributed by atoms with van der Waals surface area (Å²) in [4.78, 5) is 21.4. The van der Waals surface area contributed by atoms with E-state index in [-0.39, 0.29) is 5.69 Å². The molecule has 0 fully saturated rings. The normalized spacial score (nSPS) is 14.1. The van der Waals surface area contributed by atoms with Gasteiger partial charge >= 0.3 is 0 Å². The van der Waals surface area contributed by atoms with Crippen LogP contribution in [0.2, 0.25) is 19.6 Å². The molecule has 0 unspecified atom stereocenters. The molecule has 0 spiro atoms. The summed E-state index contributed by atoms with van der Waals surface area (Å²) in [6.07, 6.45) is 10.5. The smallest absolute Gasteiger partial charge is 0.270 e. The Bertz CT molecular complexity index is 684. The molecule has 1 aromatic carbocycles. The van der Waals surface area contributed by atoms with Crippen molar-refractivity contribution in [1.82, 2.24) is 4.57 Å². The summed E-state index contributed by atoms with van der Waals surface area (Å²) in [5.41, 5.74) is 1.86. The SMILES string of the molecule is C[Si](C)(C)N1C=CC(=Cc2ccc([N+](=O)[O-])cc2C=O)C=C1. The lowest BCUT2D eigenvalue weighted by Crippen LogP contribution is -2.38. The number of rotatable bonds is 4. The van der Waals surface area contributed by atoms with Crippen LogP contribution in [0.5, 0.6) is 0 Å². The van der Waals surface area contributed by atoms with Gasteiger partial charge in [0, 0.05) is 17.7 Å². The van der Waals surface area contributed by atoms with Crippen molar-refractivity contribution >= 4 is 26.3 Å². The minimum atomic E-state index is -1.41. The maximum atomic E-state index is 11.1. The average Bonchev–Trinajstić information content (AvgIpc) is 2.47. The van der Waals surface area contributed by atoms with E-state index in [1.165, 1.54) is 12.1 Å². The Morgan fingerprint density at radius 1 is 1.14 bits per heavy atom. The van der Waals surface area contributed by atoms with E-state index in [1.54, 1.807) is 6.07 Å². The van der Waals surface area contributed by atoms with E-state index in [4.69, 9.17) is 0 Å². The van der Waals surface area contributed by atoms with Gasteiger partial charge in [-0.3, -0.25) is 14.9 Å². The number of nitro groups is 1. The zero-order valence-electron chi connectivity index (χ0n) is 12.8. The van der Waals surface area contributed by atoms with Gasteiger partial charge in [0.1, 0.15) is 0 Å². The Morgan fingerprint density at radius 3 is 2.27 bits per heavy atom. The molecule has 0 atom stereocenters. The zero-order valence-corrected chi connectivity index (χ0v) is 13.8. The number of hydrogen-bond acceptors (Lipinski definition) is 4. The molecule has 0 saturated heterocycles. The van der Waals surface area contributed by atoms with Crippen LogP contribution >= 0.6 is 0 Å². The van der Waals surface area contributed by atoms with Crippen LogP contribution in [-0.2, 0) is 0 Å². The molecule has 6 heteroatoms. The fourth-order valence-electron chi connectivity index (χ4n) is 2.07. The minimum Gasteiger partial charge on any atom is -0.381 e. The van der Waals surface area contributed by atoms with Crippen molar-refractivity contribution in [1.29, 1.82) is 0 Å². The molecule has 0 amide bonds. The molecule has 0 bridgehead atoms. The van der Waals surface area contributed by atoms with Gasteiger partial charge in [0.2, 0.25) is 0 Å². The third-order valence-corrected chi connectivity index (χ3v) is 5.21. The van der Waals surface area contributed by atoms with Crippen LogP contribution in [0.4, 0.5) is 5.69 Å². The molecule has 1 aromatic rings. The predicted octanol–water partition coefficient (Wildman–Crippen LogP) is 3.97. The number of nitro benzene ring substituents is 1. The van der Waals surface area contributed by atoms with Crippen molar-refractivity contribution in [3.63, 3.8) is 0 Å². The fraction of sp³-hybridized carbons (Fsp3) is 0.188. The Morgan fingerprint density at radius 2 is 1.77 bits per heavy atom. The summed E-state index contributed by atoms with van der Waals surface area (Å²) in [6.45, 7) is 6.74. The summed E-state index contributed by atoms with van der Waals surface area (Å²) in [5, 5.41) is 10.8. The lowest BCUT2D eigenvalue weighted by molar-refractivity contribution is -0.384. The molecule has 0 radical (unpaired) electrons. The van der Waals surface area contributed by atoms with E-state index in [9.17, 15) is 14.9 Å². The maximum Gasteiger partial charge on any atom is 0.270 e. The van der Waals surface area contributed by atoms with Crippen LogP contribution in [0.3, 0.4) is 0 Å². The molecule has 0 N–H and O–H groups in total. The van der Waals surface area contributed by atoms with Crippen LogP contribution in [0.15, 0.2) is 48.3 Å². The highest BCUT2D eigenvalue weighted by atomic mass is 28.3. The van der Waals surface area contributed by atoms with Gasteiger partial charge in [-0.1, -0.05) is 19.6 Å². The number of carbonyl (C=O) groups excluding carboxylic acids is 1. The summed E-state index contributed by atoms with van der Waals surface area (Å²) >= 11 is 0. The minimum absolute atomic E-state index is 0.0797.